The van der Waals surface area contributed by atoms with Gasteiger partial charge in [-0.2, -0.15) is 0 Å². The highest BCUT2D eigenvalue weighted by atomic mass is 35.5. The molecule has 2 aromatic rings. The Labute approximate surface area is 124 Å². The molecule has 0 radical (unpaired) electrons. The molecule has 3 N–H and O–H groups in total. The number of benzene rings is 2. The van der Waals surface area contributed by atoms with Gasteiger partial charge in [-0.1, -0.05) is 54.1 Å². The second-order valence-electron chi connectivity index (χ2n) is 4.22. The molecular weight excluding hydrogens is 281 g/mol. The van der Waals surface area contributed by atoms with Crippen LogP contribution in [0.25, 0.3) is 11.1 Å². The molecule has 19 heavy (non-hydrogen) atoms. The molecule has 0 fully saturated rings. The first kappa shape index (κ1) is 16.0. The molecule has 0 heterocycles. The predicted octanol–water partition coefficient (Wildman–Crippen LogP) is 3.81. The van der Waals surface area contributed by atoms with Crippen molar-refractivity contribution in [1.29, 1.82) is 0 Å². The van der Waals surface area contributed by atoms with Gasteiger partial charge in [0, 0.05) is 23.2 Å². The van der Waals surface area contributed by atoms with Crippen LogP contribution in [0.15, 0.2) is 48.5 Å². The van der Waals surface area contributed by atoms with Crippen molar-refractivity contribution in [3.05, 3.63) is 59.1 Å². The lowest BCUT2D eigenvalue weighted by atomic mass is 10.00. The van der Waals surface area contributed by atoms with E-state index in [2.05, 4.69) is 0 Å². The summed E-state index contributed by atoms with van der Waals surface area (Å²) in [5.74, 6) is 0. The third-order valence-electron chi connectivity index (χ3n) is 2.96. The van der Waals surface area contributed by atoms with Crippen molar-refractivity contribution in [3.63, 3.8) is 0 Å². The SMILES string of the molecule is Cl.NC(CCO)c1ccc(-c2ccccc2Cl)cc1. The fourth-order valence-electron chi connectivity index (χ4n) is 1.91. The quantitative estimate of drug-likeness (QED) is 0.901. The summed E-state index contributed by atoms with van der Waals surface area (Å²) < 4.78 is 0. The van der Waals surface area contributed by atoms with Gasteiger partial charge in [0.15, 0.2) is 0 Å². The molecule has 0 aliphatic rings. The van der Waals surface area contributed by atoms with Crippen LogP contribution in [0.1, 0.15) is 18.0 Å². The van der Waals surface area contributed by atoms with E-state index in [1.807, 2.05) is 48.5 Å². The zero-order valence-corrected chi connectivity index (χ0v) is 12.0. The van der Waals surface area contributed by atoms with Crippen molar-refractivity contribution in [3.8, 4) is 11.1 Å². The van der Waals surface area contributed by atoms with Crippen molar-refractivity contribution < 1.29 is 5.11 Å². The van der Waals surface area contributed by atoms with E-state index in [9.17, 15) is 0 Å². The Morgan fingerprint density at radius 2 is 1.68 bits per heavy atom. The van der Waals surface area contributed by atoms with Crippen LogP contribution in [-0.2, 0) is 0 Å². The highest BCUT2D eigenvalue weighted by Crippen LogP contribution is 2.28. The molecule has 0 bridgehead atoms. The lowest BCUT2D eigenvalue weighted by molar-refractivity contribution is 0.276. The summed E-state index contributed by atoms with van der Waals surface area (Å²) in [7, 11) is 0. The monoisotopic (exact) mass is 297 g/mol. The number of hydrogen-bond acceptors (Lipinski definition) is 2. The molecule has 1 atom stereocenters. The minimum Gasteiger partial charge on any atom is -0.396 e. The van der Waals surface area contributed by atoms with E-state index in [1.165, 1.54) is 0 Å². The second-order valence-corrected chi connectivity index (χ2v) is 4.63. The first-order valence-electron chi connectivity index (χ1n) is 5.93. The van der Waals surface area contributed by atoms with Gasteiger partial charge in [0.2, 0.25) is 0 Å². The summed E-state index contributed by atoms with van der Waals surface area (Å²) >= 11 is 6.15. The summed E-state index contributed by atoms with van der Waals surface area (Å²) in [6.45, 7) is 0.105. The van der Waals surface area contributed by atoms with Gasteiger partial charge in [-0.25, -0.2) is 0 Å². The normalized spacial score (nSPS) is 11.7. The zero-order valence-electron chi connectivity index (χ0n) is 10.4. The Bertz CT molecular complexity index is 514. The van der Waals surface area contributed by atoms with E-state index in [0.29, 0.717) is 6.42 Å². The van der Waals surface area contributed by atoms with Crippen LogP contribution in [0, 0.1) is 0 Å². The molecule has 102 valence electrons. The largest absolute Gasteiger partial charge is 0.396 e. The Balaban J connectivity index is 0.00000180. The molecule has 2 nitrogen and oxygen atoms in total. The summed E-state index contributed by atoms with van der Waals surface area (Å²) in [5, 5.41) is 9.61. The molecule has 0 aliphatic heterocycles. The second kappa shape index (κ2) is 7.51. The highest BCUT2D eigenvalue weighted by molar-refractivity contribution is 6.33. The lowest BCUT2D eigenvalue weighted by Crippen LogP contribution is -2.11. The third kappa shape index (κ3) is 3.95. The molecule has 2 aromatic carbocycles. The zero-order chi connectivity index (χ0) is 13.0. The number of hydrogen-bond donors (Lipinski definition) is 2. The van der Waals surface area contributed by atoms with Gasteiger partial charge in [-0.05, 0) is 23.6 Å². The molecule has 0 spiro atoms. The van der Waals surface area contributed by atoms with Gasteiger partial charge >= 0.3 is 0 Å². The Morgan fingerprint density at radius 1 is 1.05 bits per heavy atom. The predicted molar refractivity (Wildman–Crippen MR) is 82.8 cm³/mol. The molecule has 4 heteroatoms. The van der Waals surface area contributed by atoms with Crippen molar-refractivity contribution in [1.82, 2.24) is 0 Å². The average molecular weight is 298 g/mol. The molecule has 2 rings (SSSR count). The Kier molecular flexibility index (Phi) is 6.32. The fourth-order valence-corrected chi connectivity index (χ4v) is 2.16. The smallest absolute Gasteiger partial charge is 0.0484 e. The van der Waals surface area contributed by atoms with Crippen molar-refractivity contribution in [2.24, 2.45) is 5.73 Å². The summed E-state index contributed by atoms with van der Waals surface area (Å²) in [6, 6.07) is 15.6. The Morgan fingerprint density at radius 3 is 2.26 bits per heavy atom. The summed E-state index contributed by atoms with van der Waals surface area (Å²) in [4.78, 5) is 0. The third-order valence-corrected chi connectivity index (χ3v) is 3.29. The van der Waals surface area contributed by atoms with Gasteiger partial charge in [-0.15, -0.1) is 12.4 Å². The Hall–Kier alpha value is -1.06. The number of halogens is 2. The van der Waals surface area contributed by atoms with Gasteiger partial charge in [0.1, 0.15) is 0 Å². The van der Waals surface area contributed by atoms with Crippen molar-refractivity contribution in [2.75, 3.05) is 6.61 Å². The van der Waals surface area contributed by atoms with Crippen LogP contribution in [0.5, 0.6) is 0 Å². The fraction of sp³-hybridized carbons (Fsp3) is 0.200. The van der Waals surface area contributed by atoms with Crippen LogP contribution in [0.4, 0.5) is 0 Å². The van der Waals surface area contributed by atoms with Gasteiger partial charge < -0.3 is 10.8 Å². The molecular formula is C15H17Cl2NO. The van der Waals surface area contributed by atoms with E-state index in [4.69, 9.17) is 22.4 Å². The molecule has 1 unspecified atom stereocenters. The maximum atomic E-state index is 8.87. The minimum atomic E-state index is -0.115. The van der Waals surface area contributed by atoms with Gasteiger partial charge in [0.25, 0.3) is 0 Å². The van der Waals surface area contributed by atoms with Crippen molar-refractivity contribution in [2.45, 2.75) is 12.5 Å². The maximum absolute atomic E-state index is 8.87. The molecule has 0 saturated heterocycles. The molecule has 0 aromatic heterocycles. The first-order valence-corrected chi connectivity index (χ1v) is 6.31. The maximum Gasteiger partial charge on any atom is 0.0484 e. The first-order chi connectivity index (χ1) is 8.72. The van der Waals surface area contributed by atoms with E-state index in [0.717, 1.165) is 21.7 Å². The van der Waals surface area contributed by atoms with Crippen LogP contribution >= 0.6 is 24.0 Å². The summed E-state index contributed by atoms with van der Waals surface area (Å²) in [6.07, 6.45) is 0.575. The standard InChI is InChI=1S/C15H16ClNO.ClH/c16-14-4-2-1-3-13(14)11-5-7-12(8-6-11)15(17)9-10-18;/h1-8,15,18H,9-10,17H2;1H. The minimum absolute atomic E-state index is 0. The van der Waals surface area contributed by atoms with E-state index < -0.39 is 0 Å². The van der Waals surface area contributed by atoms with E-state index in [-0.39, 0.29) is 25.1 Å². The van der Waals surface area contributed by atoms with Gasteiger partial charge in [0.05, 0.1) is 0 Å². The highest BCUT2D eigenvalue weighted by Gasteiger charge is 2.06. The average Bonchev–Trinajstić information content (AvgIpc) is 2.40. The molecule has 0 saturated carbocycles. The number of aliphatic hydroxyl groups excluding tert-OH is 1. The lowest BCUT2D eigenvalue weighted by Gasteiger charge is -2.11. The summed E-state index contributed by atoms with van der Waals surface area (Å²) in [5.41, 5.74) is 9.05. The number of aliphatic hydroxyl groups is 1. The van der Waals surface area contributed by atoms with Crippen LogP contribution in [-0.4, -0.2) is 11.7 Å². The topological polar surface area (TPSA) is 46.2 Å². The van der Waals surface area contributed by atoms with Crippen LogP contribution in [0.2, 0.25) is 5.02 Å². The molecule has 0 aliphatic carbocycles. The number of rotatable bonds is 4. The van der Waals surface area contributed by atoms with Crippen LogP contribution < -0.4 is 5.73 Å². The van der Waals surface area contributed by atoms with Crippen molar-refractivity contribution >= 4 is 24.0 Å². The number of nitrogens with two attached hydrogens (primary N) is 1. The van der Waals surface area contributed by atoms with Gasteiger partial charge in [-0.3, -0.25) is 0 Å². The van der Waals surface area contributed by atoms with E-state index >= 15 is 0 Å². The van der Waals surface area contributed by atoms with E-state index in [1.54, 1.807) is 0 Å². The van der Waals surface area contributed by atoms with Crippen LogP contribution in [0.3, 0.4) is 0 Å². The molecule has 0 amide bonds.